The molecule has 0 bridgehead atoms. The zero-order valence-corrected chi connectivity index (χ0v) is 8.07. The van der Waals surface area contributed by atoms with Crippen molar-refractivity contribution in [3.63, 3.8) is 0 Å². The van der Waals surface area contributed by atoms with E-state index < -0.39 is 0 Å². The van der Waals surface area contributed by atoms with Crippen LogP contribution in [0.15, 0.2) is 11.4 Å². The van der Waals surface area contributed by atoms with Gasteiger partial charge in [-0.15, -0.1) is 0 Å². The molecule has 6 heteroatoms. The van der Waals surface area contributed by atoms with Crippen LogP contribution in [-0.2, 0) is 0 Å². The first-order valence-electron chi connectivity index (χ1n) is 4.22. The summed E-state index contributed by atoms with van der Waals surface area (Å²) in [5, 5.41) is 11.7. The average Bonchev–Trinajstić information content (AvgIpc) is 3.00. The maximum Gasteiger partial charge on any atom is 0.222 e. The number of aromatic nitrogens is 2. The normalized spacial score (nSPS) is 17.1. The number of rotatable bonds is 2. The minimum absolute atomic E-state index is 0.0311. The Morgan fingerprint density at radius 1 is 1.64 bits per heavy atom. The predicted molar refractivity (Wildman–Crippen MR) is 51.5 cm³/mol. The van der Waals surface area contributed by atoms with E-state index in [4.69, 9.17) is 22.5 Å². The lowest BCUT2D eigenvalue weighted by molar-refractivity contribution is 0.318. The molecule has 2 rings (SSSR count). The Balaban J connectivity index is 2.47. The molecule has 0 aliphatic heterocycles. The molecule has 74 valence electrons. The molecule has 0 saturated heterocycles. The lowest BCUT2D eigenvalue weighted by Gasteiger charge is -2.04. The highest BCUT2D eigenvalue weighted by atomic mass is 35.5. The van der Waals surface area contributed by atoms with Crippen molar-refractivity contribution >= 4 is 17.4 Å². The molecule has 5 nitrogen and oxygen atoms in total. The van der Waals surface area contributed by atoms with E-state index in [2.05, 4.69) is 15.1 Å². The van der Waals surface area contributed by atoms with E-state index in [9.17, 15) is 0 Å². The number of hydrogen-bond acceptors (Lipinski definition) is 4. The van der Waals surface area contributed by atoms with Gasteiger partial charge in [0.05, 0.1) is 11.3 Å². The van der Waals surface area contributed by atoms with Gasteiger partial charge >= 0.3 is 0 Å². The number of amidine groups is 1. The van der Waals surface area contributed by atoms with E-state index in [0.29, 0.717) is 11.5 Å². The first kappa shape index (κ1) is 9.21. The smallest absolute Gasteiger partial charge is 0.222 e. The van der Waals surface area contributed by atoms with Crippen molar-refractivity contribution in [2.75, 3.05) is 0 Å². The molecule has 1 fully saturated rings. The summed E-state index contributed by atoms with van der Waals surface area (Å²) >= 11 is 5.67. The first-order chi connectivity index (χ1) is 6.72. The highest BCUT2D eigenvalue weighted by Crippen LogP contribution is 2.40. The second kappa shape index (κ2) is 3.42. The second-order valence-corrected chi connectivity index (χ2v) is 3.54. The molecule has 0 unspecified atom stereocenters. The third-order valence-corrected chi connectivity index (χ3v) is 2.32. The quantitative estimate of drug-likeness (QED) is 0.253. The average molecular weight is 213 g/mol. The fourth-order valence-corrected chi connectivity index (χ4v) is 1.43. The Bertz CT molecular complexity index is 389. The summed E-state index contributed by atoms with van der Waals surface area (Å²) in [7, 11) is 0. The zero-order valence-electron chi connectivity index (χ0n) is 7.31. The van der Waals surface area contributed by atoms with Gasteiger partial charge in [-0.2, -0.15) is 0 Å². The standard InChI is InChI=1S/C8H9ClN4O/c9-8-11-3-5(7(10)13-14)6(12-8)4-1-2-4/h3-4,14H,1-2H2,(H2,10,13). The fourth-order valence-electron chi connectivity index (χ4n) is 1.29. The summed E-state index contributed by atoms with van der Waals surface area (Å²) in [5.41, 5.74) is 6.83. The van der Waals surface area contributed by atoms with E-state index in [1.54, 1.807) is 0 Å². The number of halogens is 1. The fraction of sp³-hybridized carbons (Fsp3) is 0.375. The van der Waals surface area contributed by atoms with E-state index in [1.807, 2.05) is 0 Å². The van der Waals surface area contributed by atoms with Gasteiger partial charge in [-0.05, 0) is 24.4 Å². The topological polar surface area (TPSA) is 84.4 Å². The maximum absolute atomic E-state index is 8.56. The lowest BCUT2D eigenvalue weighted by atomic mass is 10.1. The molecule has 1 aromatic rings. The van der Waals surface area contributed by atoms with Crippen LogP contribution in [0.5, 0.6) is 0 Å². The van der Waals surface area contributed by atoms with Gasteiger partial charge in [-0.1, -0.05) is 5.16 Å². The summed E-state index contributed by atoms with van der Waals surface area (Å²) in [6.07, 6.45) is 3.62. The Morgan fingerprint density at radius 2 is 2.36 bits per heavy atom. The van der Waals surface area contributed by atoms with Gasteiger partial charge in [0.15, 0.2) is 5.84 Å². The van der Waals surface area contributed by atoms with Crippen LogP contribution in [0.1, 0.15) is 30.0 Å². The molecule has 0 spiro atoms. The zero-order chi connectivity index (χ0) is 10.1. The molecule has 0 aromatic carbocycles. The second-order valence-electron chi connectivity index (χ2n) is 3.20. The third-order valence-electron chi connectivity index (χ3n) is 2.14. The van der Waals surface area contributed by atoms with Gasteiger partial charge in [-0.3, -0.25) is 0 Å². The highest BCUT2D eigenvalue weighted by Gasteiger charge is 2.29. The molecule has 0 atom stereocenters. The minimum atomic E-state index is 0.0311. The van der Waals surface area contributed by atoms with Gasteiger partial charge in [-0.25, -0.2) is 9.97 Å². The van der Waals surface area contributed by atoms with Gasteiger partial charge in [0.2, 0.25) is 5.28 Å². The molecular weight excluding hydrogens is 204 g/mol. The lowest BCUT2D eigenvalue weighted by Crippen LogP contribution is -2.16. The SMILES string of the molecule is N/C(=N\O)c1cnc(Cl)nc1C1CC1. The van der Waals surface area contributed by atoms with E-state index in [1.165, 1.54) is 6.20 Å². The van der Waals surface area contributed by atoms with Crippen molar-refractivity contribution in [2.45, 2.75) is 18.8 Å². The molecule has 1 saturated carbocycles. The highest BCUT2D eigenvalue weighted by molar-refractivity contribution is 6.28. The molecule has 0 radical (unpaired) electrons. The van der Waals surface area contributed by atoms with Crippen LogP contribution < -0.4 is 5.73 Å². The van der Waals surface area contributed by atoms with Crippen LogP contribution in [0.4, 0.5) is 0 Å². The monoisotopic (exact) mass is 212 g/mol. The molecule has 3 N–H and O–H groups in total. The van der Waals surface area contributed by atoms with Crippen molar-refractivity contribution in [3.05, 3.63) is 22.7 Å². The summed E-state index contributed by atoms with van der Waals surface area (Å²) in [4.78, 5) is 7.89. The summed E-state index contributed by atoms with van der Waals surface area (Å²) < 4.78 is 0. The van der Waals surface area contributed by atoms with Crippen molar-refractivity contribution in [2.24, 2.45) is 10.9 Å². The molecular formula is C8H9ClN4O. The largest absolute Gasteiger partial charge is 0.409 e. The Hall–Kier alpha value is -1.36. The molecule has 1 aliphatic rings. The van der Waals surface area contributed by atoms with Crippen LogP contribution in [0.2, 0.25) is 5.28 Å². The van der Waals surface area contributed by atoms with Crippen LogP contribution >= 0.6 is 11.6 Å². The third kappa shape index (κ3) is 1.63. The van der Waals surface area contributed by atoms with Gasteiger partial charge in [0, 0.05) is 12.1 Å². The van der Waals surface area contributed by atoms with Crippen LogP contribution in [-0.4, -0.2) is 21.0 Å². The van der Waals surface area contributed by atoms with Crippen LogP contribution in [0, 0.1) is 0 Å². The molecule has 1 aliphatic carbocycles. The Kier molecular flexibility index (Phi) is 2.25. The van der Waals surface area contributed by atoms with E-state index in [0.717, 1.165) is 18.5 Å². The summed E-state index contributed by atoms with van der Waals surface area (Å²) in [5.74, 6) is 0.411. The van der Waals surface area contributed by atoms with Gasteiger partial charge in [0.1, 0.15) is 0 Å². The van der Waals surface area contributed by atoms with Crippen LogP contribution in [0.3, 0.4) is 0 Å². The number of nitrogens with two attached hydrogens (primary N) is 1. The molecule has 14 heavy (non-hydrogen) atoms. The van der Waals surface area contributed by atoms with E-state index in [-0.39, 0.29) is 11.1 Å². The van der Waals surface area contributed by atoms with Crippen molar-refractivity contribution < 1.29 is 5.21 Å². The van der Waals surface area contributed by atoms with Crippen molar-refractivity contribution in [3.8, 4) is 0 Å². The van der Waals surface area contributed by atoms with Gasteiger partial charge in [0.25, 0.3) is 0 Å². The first-order valence-corrected chi connectivity index (χ1v) is 4.60. The van der Waals surface area contributed by atoms with Crippen molar-refractivity contribution in [1.29, 1.82) is 0 Å². The van der Waals surface area contributed by atoms with Gasteiger partial charge < -0.3 is 10.9 Å². The van der Waals surface area contributed by atoms with Crippen LogP contribution in [0.25, 0.3) is 0 Å². The van der Waals surface area contributed by atoms with E-state index >= 15 is 0 Å². The Labute approximate surface area is 85.6 Å². The minimum Gasteiger partial charge on any atom is -0.409 e. The summed E-state index contributed by atoms with van der Waals surface area (Å²) in [6, 6.07) is 0. The number of nitrogens with zero attached hydrogens (tertiary/aromatic N) is 3. The molecule has 1 aromatic heterocycles. The number of oxime groups is 1. The number of hydrogen-bond donors (Lipinski definition) is 2. The molecule has 1 heterocycles. The van der Waals surface area contributed by atoms with Crippen molar-refractivity contribution in [1.82, 2.24) is 9.97 Å². The Morgan fingerprint density at radius 3 is 2.93 bits per heavy atom. The summed E-state index contributed by atoms with van der Waals surface area (Å²) in [6.45, 7) is 0. The molecule has 0 amide bonds. The predicted octanol–water partition coefficient (Wildman–Crippen LogP) is 1.10. The maximum atomic E-state index is 8.56.